The molecule has 0 atom stereocenters. The second-order valence-electron chi connectivity index (χ2n) is 7.08. The molecule has 4 nitrogen and oxygen atoms in total. The Morgan fingerprint density at radius 2 is 1.96 bits per heavy atom. The number of nitrogens with zero attached hydrogens (tertiary/aromatic N) is 1. The molecule has 0 bridgehead atoms. The number of hydrogen-bond acceptors (Lipinski definition) is 3. The fourth-order valence-corrected chi connectivity index (χ4v) is 3.71. The Balaban J connectivity index is 1.73. The number of carboxylic acid groups (broad SMARTS) is 1. The molecule has 2 aromatic rings. The number of halogens is 3. The van der Waals surface area contributed by atoms with E-state index in [1.54, 1.807) is 12.1 Å². The Labute approximate surface area is 154 Å². The summed E-state index contributed by atoms with van der Waals surface area (Å²) in [5, 5.41) is 12.3. The van der Waals surface area contributed by atoms with Gasteiger partial charge in [0.15, 0.2) is 0 Å². The third kappa shape index (κ3) is 3.34. The maximum absolute atomic E-state index is 13.4. The van der Waals surface area contributed by atoms with Crippen LogP contribution in [-0.2, 0) is 17.4 Å². The van der Waals surface area contributed by atoms with Gasteiger partial charge in [-0.1, -0.05) is 12.1 Å². The molecule has 2 heterocycles. The van der Waals surface area contributed by atoms with E-state index in [2.05, 4.69) is 5.32 Å². The van der Waals surface area contributed by atoms with E-state index >= 15 is 0 Å². The SMILES string of the molecule is O=C(O)C1CN(c2cccc(-c3cc(C(F)(F)F)cc4c3NCCC4)c2)C1. The normalized spacial score (nSPS) is 17.1. The minimum absolute atomic E-state index is 0.392. The van der Waals surface area contributed by atoms with Crippen molar-refractivity contribution < 1.29 is 23.1 Å². The van der Waals surface area contributed by atoms with Gasteiger partial charge < -0.3 is 15.3 Å². The second-order valence-corrected chi connectivity index (χ2v) is 7.08. The summed E-state index contributed by atoms with van der Waals surface area (Å²) in [6.07, 6.45) is -2.98. The summed E-state index contributed by atoms with van der Waals surface area (Å²) in [4.78, 5) is 12.9. The first-order chi connectivity index (χ1) is 12.8. The first-order valence-electron chi connectivity index (χ1n) is 8.89. The van der Waals surface area contributed by atoms with E-state index in [0.29, 0.717) is 36.2 Å². The lowest BCUT2D eigenvalue weighted by molar-refractivity contribution is -0.142. The molecular formula is C20H19F3N2O2. The summed E-state index contributed by atoms with van der Waals surface area (Å²) in [5.41, 5.74) is 2.87. The van der Waals surface area contributed by atoms with Crippen LogP contribution in [0.3, 0.4) is 0 Å². The van der Waals surface area contributed by atoms with Gasteiger partial charge in [-0.05, 0) is 48.2 Å². The van der Waals surface area contributed by atoms with Crippen molar-refractivity contribution in [3.05, 3.63) is 47.5 Å². The molecule has 0 saturated carbocycles. The smallest absolute Gasteiger partial charge is 0.416 e. The first kappa shape index (κ1) is 17.7. The van der Waals surface area contributed by atoms with Crippen LogP contribution in [0.1, 0.15) is 17.5 Å². The molecule has 0 aliphatic carbocycles. The van der Waals surface area contributed by atoms with E-state index in [-0.39, 0.29) is 0 Å². The van der Waals surface area contributed by atoms with Crippen LogP contribution in [0.2, 0.25) is 0 Å². The van der Waals surface area contributed by atoms with Crippen molar-refractivity contribution in [1.29, 1.82) is 0 Å². The number of carboxylic acids is 1. The van der Waals surface area contributed by atoms with Crippen molar-refractivity contribution >= 4 is 17.3 Å². The van der Waals surface area contributed by atoms with Gasteiger partial charge >= 0.3 is 12.1 Å². The highest BCUT2D eigenvalue weighted by molar-refractivity contribution is 5.84. The molecule has 1 saturated heterocycles. The third-order valence-electron chi connectivity index (χ3n) is 5.23. The van der Waals surface area contributed by atoms with Gasteiger partial charge in [0.25, 0.3) is 0 Å². The molecule has 0 unspecified atom stereocenters. The minimum Gasteiger partial charge on any atom is -0.481 e. The lowest BCUT2D eigenvalue weighted by Crippen LogP contribution is -2.50. The fraction of sp³-hybridized carbons (Fsp3) is 0.350. The molecule has 4 rings (SSSR count). The van der Waals surface area contributed by atoms with Crippen LogP contribution < -0.4 is 10.2 Å². The van der Waals surface area contributed by atoms with E-state index in [9.17, 15) is 18.0 Å². The zero-order valence-corrected chi connectivity index (χ0v) is 14.5. The zero-order valence-electron chi connectivity index (χ0n) is 14.5. The number of aliphatic carboxylic acids is 1. The molecule has 27 heavy (non-hydrogen) atoms. The number of aryl methyl sites for hydroxylation is 1. The molecule has 2 aromatic carbocycles. The monoisotopic (exact) mass is 376 g/mol. The Bertz CT molecular complexity index is 889. The Morgan fingerprint density at radius 3 is 2.67 bits per heavy atom. The summed E-state index contributed by atoms with van der Waals surface area (Å²) in [6.45, 7) is 1.56. The summed E-state index contributed by atoms with van der Waals surface area (Å²) < 4.78 is 40.1. The second kappa shape index (κ2) is 6.48. The van der Waals surface area contributed by atoms with Crippen molar-refractivity contribution in [3.63, 3.8) is 0 Å². The molecule has 0 amide bonds. The van der Waals surface area contributed by atoms with Gasteiger partial charge in [-0.3, -0.25) is 4.79 Å². The van der Waals surface area contributed by atoms with Crippen molar-refractivity contribution in [3.8, 4) is 11.1 Å². The fourth-order valence-electron chi connectivity index (χ4n) is 3.71. The van der Waals surface area contributed by atoms with Gasteiger partial charge in [0.05, 0.1) is 11.5 Å². The number of fused-ring (bicyclic) bond motifs is 1. The lowest BCUT2D eigenvalue weighted by Gasteiger charge is -2.38. The molecule has 1 fully saturated rings. The Hall–Kier alpha value is -2.70. The van der Waals surface area contributed by atoms with Crippen LogP contribution in [0.5, 0.6) is 0 Å². The van der Waals surface area contributed by atoms with Crippen molar-refractivity contribution in [2.24, 2.45) is 5.92 Å². The average Bonchev–Trinajstić information content (AvgIpc) is 2.58. The summed E-state index contributed by atoms with van der Waals surface area (Å²) in [5.74, 6) is -1.21. The van der Waals surface area contributed by atoms with Gasteiger partial charge in [-0.15, -0.1) is 0 Å². The van der Waals surface area contributed by atoms with Gasteiger partial charge in [-0.2, -0.15) is 13.2 Å². The van der Waals surface area contributed by atoms with E-state index in [1.165, 1.54) is 12.1 Å². The van der Waals surface area contributed by atoms with Gasteiger partial charge in [0.2, 0.25) is 0 Å². The predicted octanol–water partition coefficient (Wildman–Crippen LogP) is 4.25. The Kier molecular flexibility index (Phi) is 4.25. The highest BCUT2D eigenvalue weighted by Gasteiger charge is 2.34. The van der Waals surface area contributed by atoms with Crippen LogP contribution >= 0.6 is 0 Å². The molecule has 2 aliphatic heterocycles. The van der Waals surface area contributed by atoms with Crippen LogP contribution in [0.25, 0.3) is 11.1 Å². The standard InChI is InChI=1S/C20H19F3N2O2/c21-20(22,23)15-7-13-4-2-6-24-18(13)17(9-15)12-3-1-5-16(8-12)25-10-14(11-25)19(26)27/h1,3,5,7-9,14,24H,2,4,6,10-11H2,(H,26,27). The first-order valence-corrected chi connectivity index (χ1v) is 8.89. The summed E-state index contributed by atoms with van der Waals surface area (Å²) >= 11 is 0. The van der Waals surface area contributed by atoms with Crippen LogP contribution in [0, 0.1) is 5.92 Å². The van der Waals surface area contributed by atoms with Crippen LogP contribution in [-0.4, -0.2) is 30.7 Å². The average molecular weight is 376 g/mol. The van der Waals surface area contributed by atoms with Crippen LogP contribution in [0.15, 0.2) is 36.4 Å². The molecule has 0 spiro atoms. The van der Waals surface area contributed by atoms with Gasteiger partial charge in [0.1, 0.15) is 0 Å². The molecular weight excluding hydrogens is 357 g/mol. The molecule has 142 valence electrons. The van der Waals surface area contributed by atoms with Gasteiger partial charge in [-0.25, -0.2) is 0 Å². The summed E-state index contributed by atoms with van der Waals surface area (Å²) in [6, 6.07) is 9.73. The van der Waals surface area contributed by atoms with Crippen molar-refractivity contribution in [1.82, 2.24) is 0 Å². The number of alkyl halides is 3. The quantitative estimate of drug-likeness (QED) is 0.841. The molecule has 2 N–H and O–H groups in total. The molecule has 0 radical (unpaired) electrons. The number of hydrogen-bond donors (Lipinski definition) is 2. The summed E-state index contributed by atoms with van der Waals surface area (Å²) in [7, 11) is 0. The van der Waals surface area contributed by atoms with Crippen molar-refractivity contribution in [2.45, 2.75) is 19.0 Å². The predicted molar refractivity (Wildman–Crippen MR) is 97.0 cm³/mol. The van der Waals surface area contributed by atoms with Gasteiger partial charge in [0, 0.05) is 36.6 Å². The topological polar surface area (TPSA) is 52.6 Å². The maximum atomic E-state index is 13.4. The van der Waals surface area contributed by atoms with E-state index in [0.717, 1.165) is 24.3 Å². The molecule has 0 aromatic heterocycles. The minimum atomic E-state index is -4.40. The molecule has 2 aliphatic rings. The Morgan fingerprint density at radius 1 is 1.19 bits per heavy atom. The molecule has 7 heteroatoms. The van der Waals surface area contributed by atoms with E-state index < -0.39 is 23.6 Å². The third-order valence-corrected chi connectivity index (χ3v) is 5.23. The maximum Gasteiger partial charge on any atom is 0.416 e. The highest BCUT2D eigenvalue weighted by Crippen LogP contribution is 2.41. The van der Waals surface area contributed by atoms with E-state index in [4.69, 9.17) is 5.11 Å². The zero-order chi connectivity index (χ0) is 19.2. The number of benzene rings is 2. The largest absolute Gasteiger partial charge is 0.481 e. The number of carbonyl (C=O) groups is 1. The number of anilines is 2. The van der Waals surface area contributed by atoms with Crippen molar-refractivity contribution in [2.75, 3.05) is 29.9 Å². The van der Waals surface area contributed by atoms with Crippen LogP contribution in [0.4, 0.5) is 24.5 Å². The van der Waals surface area contributed by atoms with E-state index in [1.807, 2.05) is 17.0 Å². The lowest BCUT2D eigenvalue weighted by atomic mass is 9.91. The number of nitrogens with one attached hydrogen (secondary N) is 1. The highest BCUT2D eigenvalue weighted by atomic mass is 19.4. The number of rotatable bonds is 3.